The van der Waals surface area contributed by atoms with Crippen molar-refractivity contribution in [3.05, 3.63) is 24.3 Å². The maximum Gasteiger partial charge on any atom is 0.203 e. The first-order valence-electron chi connectivity index (χ1n) is 12.7. The molecule has 5 aliphatic rings. The van der Waals surface area contributed by atoms with Crippen LogP contribution in [0, 0.1) is 62.1 Å². The van der Waals surface area contributed by atoms with Gasteiger partial charge < -0.3 is 9.47 Å². The van der Waals surface area contributed by atoms with Crippen molar-refractivity contribution in [2.45, 2.75) is 77.9 Å². The lowest BCUT2D eigenvalue weighted by Crippen LogP contribution is -2.60. The van der Waals surface area contributed by atoms with Crippen molar-refractivity contribution in [2.75, 3.05) is 13.2 Å². The van der Waals surface area contributed by atoms with E-state index in [4.69, 9.17) is 9.47 Å². The molecule has 1 unspecified atom stereocenters. The first-order chi connectivity index (χ1) is 15.7. The number of nitriles is 2. The lowest BCUT2D eigenvalue weighted by atomic mass is 9.40. The zero-order valence-electron chi connectivity index (χ0n) is 20.3. The number of allylic oxidation sites excluding steroid dienone is 3. The van der Waals surface area contributed by atoms with Gasteiger partial charge in [0.2, 0.25) is 5.41 Å². The van der Waals surface area contributed by atoms with E-state index in [0.717, 1.165) is 32.1 Å². The maximum atomic E-state index is 13.8. The molecule has 0 aromatic rings. The standard InChI is InChI=1S/C28H36N2O3/c1-5-11-27(6-2)22-8-7-19-20(24(22,3)16-26(17-29,18-30)23(27)31)9-12-25(4)21(19)10-13-28(25)32-14-15-33-28/h5,8,19-21H,1,6-7,9-16H2,2-4H3/t19-,20+,21+,24-,25+,27?/m1/s1. The van der Waals surface area contributed by atoms with Gasteiger partial charge in [0.05, 0.1) is 30.8 Å². The van der Waals surface area contributed by atoms with Gasteiger partial charge in [-0.3, -0.25) is 4.79 Å². The minimum Gasteiger partial charge on any atom is -0.347 e. The molecule has 0 bridgehead atoms. The summed E-state index contributed by atoms with van der Waals surface area (Å²) >= 11 is 0. The van der Waals surface area contributed by atoms with Gasteiger partial charge in [0.25, 0.3) is 0 Å². The highest BCUT2D eigenvalue weighted by Crippen LogP contribution is 2.71. The van der Waals surface area contributed by atoms with Crippen molar-refractivity contribution in [3.63, 3.8) is 0 Å². The third-order valence-electron chi connectivity index (χ3n) is 10.7. The fourth-order valence-corrected chi connectivity index (χ4v) is 9.26. The summed E-state index contributed by atoms with van der Waals surface area (Å²) in [7, 11) is 0. The molecule has 5 rings (SSSR count). The average molecular weight is 449 g/mol. The van der Waals surface area contributed by atoms with E-state index in [0.29, 0.717) is 50.2 Å². The van der Waals surface area contributed by atoms with Crippen LogP contribution in [-0.4, -0.2) is 24.8 Å². The number of nitrogens with zero attached hydrogens (tertiary/aromatic N) is 2. The third kappa shape index (κ3) is 2.56. The van der Waals surface area contributed by atoms with Crippen molar-refractivity contribution in [3.8, 4) is 12.1 Å². The molecule has 0 aromatic carbocycles. The fourth-order valence-electron chi connectivity index (χ4n) is 9.26. The van der Waals surface area contributed by atoms with Gasteiger partial charge >= 0.3 is 0 Å². The molecule has 0 amide bonds. The van der Waals surface area contributed by atoms with Crippen LogP contribution in [0.4, 0.5) is 0 Å². The number of hydrogen-bond donors (Lipinski definition) is 0. The average Bonchev–Trinajstić information content (AvgIpc) is 3.41. The van der Waals surface area contributed by atoms with Gasteiger partial charge in [0.15, 0.2) is 11.6 Å². The first-order valence-corrected chi connectivity index (χ1v) is 12.7. The molecule has 4 fully saturated rings. The van der Waals surface area contributed by atoms with E-state index in [-0.39, 0.29) is 16.6 Å². The Balaban J connectivity index is 1.62. The van der Waals surface area contributed by atoms with Gasteiger partial charge in [-0.15, -0.1) is 6.58 Å². The van der Waals surface area contributed by atoms with E-state index in [1.54, 1.807) is 6.08 Å². The molecule has 5 heteroatoms. The minimum atomic E-state index is -1.59. The second-order valence-electron chi connectivity index (χ2n) is 11.7. The predicted octanol–water partition coefficient (Wildman–Crippen LogP) is 5.49. The Morgan fingerprint density at radius 1 is 1.15 bits per heavy atom. The lowest BCUT2D eigenvalue weighted by Gasteiger charge is -2.62. The summed E-state index contributed by atoms with van der Waals surface area (Å²) in [6.45, 7) is 11.9. The van der Waals surface area contributed by atoms with Crippen LogP contribution in [-0.2, 0) is 14.3 Å². The Labute approximate surface area is 197 Å². The molecule has 6 atom stereocenters. The van der Waals surface area contributed by atoms with Crippen molar-refractivity contribution in [1.29, 1.82) is 10.5 Å². The molecule has 176 valence electrons. The highest BCUT2D eigenvalue weighted by Gasteiger charge is 2.70. The summed E-state index contributed by atoms with van der Waals surface area (Å²) in [6.07, 6.45) is 10.5. The SMILES string of the molecule is C=CCC1(CC)C(=O)C(C#N)(C#N)C[C@@]2(C)C1=CC[C@@H]1[C@@H]2CC[C@@]2(C)[C@H]1CCC21OCCO1. The van der Waals surface area contributed by atoms with Crippen molar-refractivity contribution in [2.24, 2.45) is 39.4 Å². The highest BCUT2D eigenvalue weighted by molar-refractivity contribution is 5.99. The summed E-state index contributed by atoms with van der Waals surface area (Å²) in [5.74, 6) is 0.617. The third-order valence-corrected chi connectivity index (χ3v) is 10.7. The Morgan fingerprint density at radius 3 is 2.42 bits per heavy atom. The van der Waals surface area contributed by atoms with Crippen LogP contribution in [0.25, 0.3) is 0 Å². The van der Waals surface area contributed by atoms with E-state index < -0.39 is 16.6 Å². The summed E-state index contributed by atoms with van der Waals surface area (Å²) in [6, 6.07) is 4.40. The number of rotatable bonds is 3. The van der Waals surface area contributed by atoms with E-state index in [9.17, 15) is 15.3 Å². The van der Waals surface area contributed by atoms with Gasteiger partial charge in [0.1, 0.15) is 0 Å². The van der Waals surface area contributed by atoms with Gasteiger partial charge in [-0.1, -0.05) is 38.5 Å². The molecule has 1 spiro atoms. The first kappa shape index (κ1) is 22.8. The fraction of sp³-hybridized carbons (Fsp3) is 0.750. The maximum absolute atomic E-state index is 13.8. The molecule has 1 aliphatic heterocycles. The topological polar surface area (TPSA) is 83.1 Å². The Hall–Kier alpha value is -1.95. The molecule has 0 radical (unpaired) electrons. The summed E-state index contributed by atoms with van der Waals surface area (Å²) in [4.78, 5) is 13.8. The predicted molar refractivity (Wildman–Crippen MR) is 123 cm³/mol. The number of ketones is 1. The molecule has 1 heterocycles. The molecule has 33 heavy (non-hydrogen) atoms. The lowest BCUT2D eigenvalue weighted by molar-refractivity contribution is -0.242. The molecule has 5 nitrogen and oxygen atoms in total. The molecular formula is C28H36N2O3. The summed E-state index contributed by atoms with van der Waals surface area (Å²) in [5, 5.41) is 20.3. The number of Topliss-reactive ketones (excluding diaryl/α,β-unsaturated/α-hetero) is 1. The monoisotopic (exact) mass is 448 g/mol. The van der Waals surface area contributed by atoms with Crippen LogP contribution in [0.15, 0.2) is 24.3 Å². The number of fused-ring (bicyclic) bond motifs is 6. The number of ether oxygens (including phenoxy) is 2. The number of carbonyl (C=O) groups is 1. The van der Waals surface area contributed by atoms with Gasteiger partial charge in [-0.05, 0) is 68.1 Å². The summed E-state index contributed by atoms with van der Waals surface area (Å²) in [5.41, 5.74) is -1.59. The number of carbonyl (C=O) groups excluding carboxylic acids is 1. The van der Waals surface area contributed by atoms with Crippen LogP contribution < -0.4 is 0 Å². The second-order valence-corrected chi connectivity index (χ2v) is 11.7. The van der Waals surface area contributed by atoms with Crippen LogP contribution in [0.3, 0.4) is 0 Å². The zero-order chi connectivity index (χ0) is 23.7. The van der Waals surface area contributed by atoms with E-state index >= 15 is 0 Å². The van der Waals surface area contributed by atoms with Crippen molar-refractivity contribution < 1.29 is 14.3 Å². The highest BCUT2D eigenvalue weighted by atomic mass is 16.7. The molecular weight excluding hydrogens is 412 g/mol. The Bertz CT molecular complexity index is 982. The van der Waals surface area contributed by atoms with Crippen LogP contribution in [0.5, 0.6) is 0 Å². The smallest absolute Gasteiger partial charge is 0.203 e. The van der Waals surface area contributed by atoms with Crippen LogP contribution >= 0.6 is 0 Å². The van der Waals surface area contributed by atoms with E-state index in [1.165, 1.54) is 5.57 Å². The van der Waals surface area contributed by atoms with Crippen molar-refractivity contribution >= 4 is 5.78 Å². The second kappa shape index (κ2) is 7.27. The van der Waals surface area contributed by atoms with Gasteiger partial charge in [-0.2, -0.15) is 10.5 Å². The molecule has 0 aromatic heterocycles. The Morgan fingerprint density at radius 2 is 1.82 bits per heavy atom. The Kier molecular flexibility index (Phi) is 5.03. The molecule has 4 aliphatic carbocycles. The van der Waals surface area contributed by atoms with Gasteiger partial charge in [-0.25, -0.2) is 0 Å². The molecule has 0 N–H and O–H groups in total. The zero-order valence-corrected chi connectivity index (χ0v) is 20.3. The van der Waals surface area contributed by atoms with E-state index in [1.807, 2.05) is 6.92 Å². The van der Waals surface area contributed by atoms with Crippen LogP contribution in [0.1, 0.15) is 72.1 Å². The quantitative estimate of drug-likeness (QED) is 0.533. The molecule has 1 saturated heterocycles. The van der Waals surface area contributed by atoms with E-state index in [2.05, 4.69) is 38.6 Å². The molecule has 3 saturated carbocycles. The van der Waals surface area contributed by atoms with Crippen molar-refractivity contribution in [1.82, 2.24) is 0 Å². The van der Waals surface area contributed by atoms with Gasteiger partial charge in [0, 0.05) is 11.8 Å². The number of hydrogen-bond acceptors (Lipinski definition) is 5. The largest absolute Gasteiger partial charge is 0.347 e. The normalized spacial score (nSPS) is 44.7. The minimum absolute atomic E-state index is 0.0125. The summed E-state index contributed by atoms with van der Waals surface area (Å²) < 4.78 is 12.5. The van der Waals surface area contributed by atoms with Crippen LogP contribution in [0.2, 0.25) is 0 Å².